The van der Waals surface area contributed by atoms with E-state index in [-0.39, 0.29) is 23.7 Å². The fraction of sp³-hybridized carbons (Fsp3) is 0.789. The summed E-state index contributed by atoms with van der Waals surface area (Å²) in [7, 11) is 0. The Bertz CT molecular complexity index is 631. The van der Waals surface area contributed by atoms with E-state index in [9.17, 15) is 9.59 Å². The highest BCUT2D eigenvalue weighted by molar-refractivity contribution is 5.67. The zero-order valence-electron chi connectivity index (χ0n) is 16.6. The normalized spacial score (nSPS) is 51.5. The molecule has 0 amide bonds. The van der Waals surface area contributed by atoms with E-state index < -0.39 is 41.8 Å². The van der Waals surface area contributed by atoms with Gasteiger partial charge in [0.2, 0.25) is 0 Å². The minimum Gasteiger partial charge on any atom is -0.462 e. The molecule has 4 bridgehead atoms. The summed E-state index contributed by atoms with van der Waals surface area (Å²) in [5.41, 5.74) is -0.206. The Kier molecular flexibility index (Phi) is 3.11. The molecule has 3 saturated carbocycles. The Balaban J connectivity index is 2.14. The number of carbonyl (C=O) groups excluding carboxylic acids is 2. The van der Waals surface area contributed by atoms with E-state index in [1.165, 1.54) is 13.8 Å². The molecule has 0 spiro atoms. The summed E-state index contributed by atoms with van der Waals surface area (Å²) in [6, 6.07) is 0. The summed E-state index contributed by atoms with van der Waals surface area (Å²) >= 11 is 0. The first kappa shape index (κ1) is 14.1. The molecule has 0 saturated heterocycles. The van der Waals surface area contributed by atoms with E-state index in [1.807, 2.05) is 20.8 Å². The van der Waals surface area contributed by atoms with Crippen LogP contribution in [0.1, 0.15) is 56.6 Å². The van der Waals surface area contributed by atoms with E-state index >= 15 is 0 Å². The van der Waals surface area contributed by atoms with Crippen molar-refractivity contribution in [3.05, 3.63) is 12.2 Å². The van der Waals surface area contributed by atoms with Crippen LogP contribution in [0.4, 0.5) is 0 Å². The topological polar surface area (TPSA) is 52.6 Å². The van der Waals surface area contributed by atoms with Crippen molar-refractivity contribution >= 4 is 11.9 Å². The summed E-state index contributed by atoms with van der Waals surface area (Å²) in [5, 5.41) is 0. The second-order valence-electron chi connectivity index (χ2n) is 8.11. The lowest BCUT2D eigenvalue weighted by atomic mass is 9.68. The first-order valence-corrected chi connectivity index (χ1v) is 8.31. The average molecular weight is 322 g/mol. The van der Waals surface area contributed by atoms with E-state index in [4.69, 9.17) is 12.2 Å². The van der Waals surface area contributed by atoms with Crippen LogP contribution in [-0.4, -0.2) is 24.1 Å². The van der Waals surface area contributed by atoms with Crippen LogP contribution < -0.4 is 0 Å². The van der Waals surface area contributed by atoms with E-state index in [0.29, 0.717) is 6.42 Å². The number of hydrogen-bond donors (Lipinski definition) is 0. The van der Waals surface area contributed by atoms with Crippen molar-refractivity contribution in [2.24, 2.45) is 28.6 Å². The molecule has 128 valence electrons. The van der Waals surface area contributed by atoms with E-state index in [2.05, 4.69) is 6.58 Å². The van der Waals surface area contributed by atoms with E-state index in [0.717, 1.165) is 5.57 Å². The Labute approximate surface area is 141 Å². The Morgan fingerprint density at radius 3 is 2.30 bits per heavy atom. The number of hydrogen-bond acceptors (Lipinski definition) is 4. The van der Waals surface area contributed by atoms with Crippen LogP contribution in [0, 0.1) is 28.6 Å². The van der Waals surface area contributed by atoms with Gasteiger partial charge < -0.3 is 9.47 Å². The predicted octanol–water partition coefficient (Wildman–Crippen LogP) is 3.50. The van der Waals surface area contributed by atoms with Gasteiger partial charge in [-0.05, 0) is 30.5 Å². The van der Waals surface area contributed by atoms with Crippen LogP contribution in [0.5, 0.6) is 0 Å². The van der Waals surface area contributed by atoms with Gasteiger partial charge in [-0.1, -0.05) is 32.9 Å². The molecule has 0 N–H and O–H groups in total. The number of ether oxygens (including phenoxy) is 2. The van der Waals surface area contributed by atoms with Crippen LogP contribution >= 0.6 is 0 Å². The smallest absolute Gasteiger partial charge is 0.302 e. The molecule has 0 aliphatic heterocycles. The van der Waals surface area contributed by atoms with Crippen molar-refractivity contribution in [1.82, 2.24) is 0 Å². The molecule has 3 rings (SSSR count). The van der Waals surface area contributed by atoms with Crippen molar-refractivity contribution in [3.63, 3.8) is 0 Å². The predicted molar refractivity (Wildman–Crippen MR) is 86.5 cm³/mol. The van der Waals surface area contributed by atoms with Gasteiger partial charge >= 0.3 is 11.9 Å². The number of rotatable bonds is 2. The molecule has 3 aliphatic rings. The molecule has 0 aromatic heterocycles. The largest absolute Gasteiger partial charge is 0.462 e. The monoisotopic (exact) mass is 322 g/mol. The second kappa shape index (κ2) is 5.09. The molecule has 23 heavy (non-hydrogen) atoms. The molecule has 0 radical (unpaired) electrons. The molecular weight excluding hydrogens is 292 g/mol. The highest BCUT2D eigenvalue weighted by Crippen LogP contribution is 2.70. The first-order valence-electron chi connectivity index (χ1n) is 9.47. The van der Waals surface area contributed by atoms with Crippen LogP contribution in [0.3, 0.4) is 0 Å². The minimum atomic E-state index is -0.609. The van der Waals surface area contributed by atoms with Crippen molar-refractivity contribution in [2.45, 2.75) is 66.0 Å². The summed E-state index contributed by atoms with van der Waals surface area (Å²) in [6.07, 6.45) is -1.55. The fourth-order valence-electron chi connectivity index (χ4n) is 5.34. The van der Waals surface area contributed by atoms with Crippen molar-refractivity contribution in [1.29, 1.82) is 0 Å². The van der Waals surface area contributed by atoms with Gasteiger partial charge in [0.15, 0.2) is 0 Å². The van der Waals surface area contributed by atoms with Crippen LogP contribution in [0.25, 0.3) is 0 Å². The van der Waals surface area contributed by atoms with Gasteiger partial charge in [-0.2, -0.15) is 0 Å². The molecule has 0 aromatic rings. The van der Waals surface area contributed by atoms with E-state index in [1.54, 1.807) is 0 Å². The molecule has 3 aliphatic carbocycles. The van der Waals surface area contributed by atoms with Gasteiger partial charge in [-0.25, -0.2) is 0 Å². The molecule has 1 unspecified atom stereocenters. The lowest BCUT2D eigenvalue weighted by Crippen LogP contribution is -2.44. The number of allylic oxidation sites excluding steroid dienone is 1. The standard InChI is InChI=1S/C19H28O4/c1-10-7-13-9-19(6)15(23-12(3)21)8-14(22-11(2)20)18(4,5)17(13)16(10)19/h13-17H,1,7-9H2,2-6H3/t13-,14-,15-,16-,17+,19-/m1/s1/i7D,9D/t7-,9?,13-,14-,15-,16-,17+,19-. The van der Waals surface area contributed by atoms with Gasteiger partial charge in [0.05, 0.1) is 0 Å². The van der Waals surface area contributed by atoms with Crippen molar-refractivity contribution in [3.8, 4) is 0 Å². The van der Waals surface area contributed by atoms with Gasteiger partial charge in [-0.15, -0.1) is 0 Å². The highest BCUT2D eigenvalue weighted by atomic mass is 16.6. The molecule has 3 fully saturated rings. The Morgan fingerprint density at radius 2 is 1.74 bits per heavy atom. The maximum absolute atomic E-state index is 11.7. The molecule has 8 atom stereocenters. The van der Waals surface area contributed by atoms with Crippen LogP contribution in [0.15, 0.2) is 12.2 Å². The number of carbonyl (C=O) groups is 2. The average Bonchev–Trinajstić information content (AvgIpc) is 2.86. The van der Waals surface area contributed by atoms with Gasteiger partial charge in [0.25, 0.3) is 0 Å². The summed E-state index contributed by atoms with van der Waals surface area (Å²) in [4.78, 5) is 23.4. The minimum absolute atomic E-state index is 0.0138. The van der Waals surface area contributed by atoms with Gasteiger partial charge in [0, 0.05) is 33.8 Å². The molecule has 4 heteroatoms. The zero-order valence-corrected chi connectivity index (χ0v) is 14.6. The zero-order chi connectivity index (χ0) is 18.9. The third kappa shape index (κ3) is 2.33. The fourth-order valence-corrected chi connectivity index (χ4v) is 5.34. The molecule has 4 nitrogen and oxygen atoms in total. The summed E-state index contributed by atoms with van der Waals surface area (Å²) in [5.74, 6) is -1.01. The van der Waals surface area contributed by atoms with Gasteiger partial charge in [0.1, 0.15) is 12.2 Å². The van der Waals surface area contributed by atoms with Crippen LogP contribution in [0.2, 0.25) is 0 Å². The maximum atomic E-state index is 11.7. The van der Waals surface area contributed by atoms with Gasteiger partial charge in [-0.3, -0.25) is 9.59 Å². The van der Waals surface area contributed by atoms with Crippen molar-refractivity contribution in [2.75, 3.05) is 0 Å². The lowest BCUT2D eigenvalue weighted by molar-refractivity contribution is -0.165. The molecular formula is C19H28O4. The SMILES string of the molecule is [2H]C1[C@@H]2[C@H]3[C@@H](C(=C)[C@H]2[2H])[C@@]1(C)[C@H](OC(C)=O)C[C@@H](OC(C)=O)C3(C)C. The highest BCUT2D eigenvalue weighted by Gasteiger charge is 2.67. The molecule has 0 heterocycles. The third-order valence-electron chi connectivity index (χ3n) is 6.23. The summed E-state index contributed by atoms with van der Waals surface area (Å²) < 4.78 is 28.7. The quantitative estimate of drug-likeness (QED) is 0.577. The summed E-state index contributed by atoms with van der Waals surface area (Å²) in [6.45, 7) is 13.0. The Hall–Kier alpha value is -1.32. The first-order chi connectivity index (χ1) is 11.4. The Morgan fingerprint density at radius 1 is 1.17 bits per heavy atom. The second-order valence-corrected chi connectivity index (χ2v) is 8.11. The van der Waals surface area contributed by atoms with Crippen molar-refractivity contribution < 1.29 is 21.8 Å². The van der Waals surface area contributed by atoms with Crippen LogP contribution in [-0.2, 0) is 19.1 Å². The maximum Gasteiger partial charge on any atom is 0.302 e. The molecule has 0 aromatic carbocycles. The number of esters is 2. The third-order valence-corrected chi connectivity index (χ3v) is 6.23. The lowest BCUT2D eigenvalue weighted by Gasteiger charge is -2.42.